The van der Waals surface area contributed by atoms with Gasteiger partial charge >= 0.3 is 0 Å². The molecule has 90 valence electrons. The van der Waals surface area contributed by atoms with E-state index in [-0.39, 0.29) is 17.9 Å². The minimum atomic E-state index is 0.146. The molecule has 0 rings (SSSR count). The number of alkyl halides is 1. The lowest BCUT2D eigenvalue weighted by Crippen LogP contribution is -2.41. The third-order valence-electron chi connectivity index (χ3n) is 2.58. The van der Waals surface area contributed by atoms with E-state index in [9.17, 15) is 4.79 Å². The summed E-state index contributed by atoms with van der Waals surface area (Å²) in [5.41, 5.74) is 0. The van der Waals surface area contributed by atoms with Crippen LogP contribution in [-0.4, -0.2) is 29.3 Å². The molecule has 0 aromatic rings. The van der Waals surface area contributed by atoms with Gasteiger partial charge in [0.2, 0.25) is 5.91 Å². The maximum atomic E-state index is 12.1. The Kier molecular flexibility index (Phi) is 7.85. The van der Waals surface area contributed by atoms with Gasteiger partial charge < -0.3 is 4.90 Å². The molecule has 3 heteroatoms. The first-order valence-corrected chi connectivity index (χ1v) is 6.44. The molecular formula is C12H24ClNO. The number of carbonyl (C=O) groups is 1. The Morgan fingerprint density at radius 1 is 1.33 bits per heavy atom. The molecule has 0 heterocycles. The van der Waals surface area contributed by atoms with E-state index in [2.05, 4.69) is 20.8 Å². The Bertz CT molecular complexity index is 182. The molecule has 0 fully saturated rings. The largest absolute Gasteiger partial charge is 0.340 e. The maximum absolute atomic E-state index is 12.1. The van der Waals surface area contributed by atoms with Gasteiger partial charge in [0.1, 0.15) is 0 Å². The number of amides is 1. The monoisotopic (exact) mass is 233 g/mol. The molecule has 2 nitrogen and oxygen atoms in total. The average molecular weight is 234 g/mol. The highest BCUT2D eigenvalue weighted by Gasteiger charge is 2.21. The van der Waals surface area contributed by atoms with Crippen molar-refractivity contribution in [3.63, 3.8) is 0 Å². The summed E-state index contributed by atoms with van der Waals surface area (Å²) in [5, 5.41) is 0. The summed E-state index contributed by atoms with van der Waals surface area (Å²) in [6.45, 7) is 9.04. The Morgan fingerprint density at radius 2 is 1.93 bits per heavy atom. The molecule has 0 bridgehead atoms. The molecule has 1 amide bonds. The lowest BCUT2D eigenvalue weighted by atomic mass is 10.0. The van der Waals surface area contributed by atoms with Crippen LogP contribution in [0.3, 0.4) is 0 Å². The lowest BCUT2D eigenvalue weighted by Gasteiger charge is -2.29. The second-order valence-electron chi connectivity index (χ2n) is 4.36. The number of hydrogen-bond donors (Lipinski definition) is 0. The minimum Gasteiger partial charge on any atom is -0.340 e. The van der Waals surface area contributed by atoms with Gasteiger partial charge in [-0.2, -0.15) is 0 Å². The van der Waals surface area contributed by atoms with Gasteiger partial charge in [0.25, 0.3) is 0 Å². The van der Waals surface area contributed by atoms with Crippen molar-refractivity contribution in [2.75, 3.05) is 12.4 Å². The highest BCUT2D eigenvalue weighted by atomic mass is 35.5. The third kappa shape index (κ3) is 5.41. The fourth-order valence-electron chi connectivity index (χ4n) is 1.69. The van der Waals surface area contributed by atoms with E-state index in [0.717, 1.165) is 25.8 Å². The predicted octanol–water partition coefficient (Wildman–Crippen LogP) is 3.29. The standard InChI is InChI=1S/C12H24ClNO/c1-5-7-11(4)12(15)14(10(2)3)9-6-8-13/h10-11H,5-9H2,1-4H3. The van der Waals surface area contributed by atoms with Crippen molar-refractivity contribution in [1.82, 2.24) is 4.90 Å². The van der Waals surface area contributed by atoms with E-state index in [1.807, 2.05) is 11.8 Å². The minimum absolute atomic E-state index is 0.146. The van der Waals surface area contributed by atoms with Crippen LogP contribution in [0, 0.1) is 5.92 Å². The topological polar surface area (TPSA) is 20.3 Å². The van der Waals surface area contributed by atoms with Gasteiger partial charge in [0.05, 0.1) is 0 Å². The van der Waals surface area contributed by atoms with Crippen molar-refractivity contribution < 1.29 is 4.79 Å². The summed E-state index contributed by atoms with van der Waals surface area (Å²) in [7, 11) is 0. The highest BCUT2D eigenvalue weighted by Crippen LogP contribution is 2.12. The molecule has 15 heavy (non-hydrogen) atoms. The molecule has 0 aromatic carbocycles. The Labute approximate surface area is 99.0 Å². The van der Waals surface area contributed by atoms with Gasteiger partial charge in [-0.25, -0.2) is 0 Å². The number of rotatable bonds is 7. The summed E-state index contributed by atoms with van der Waals surface area (Å²) in [6.07, 6.45) is 2.92. The van der Waals surface area contributed by atoms with E-state index in [1.54, 1.807) is 0 Å². The second kappa shape index (κ2) is 7.98. The van der Waals surface area contributed by atoms with Crippen molar-refractivity contribution >= 4 is 17.5 Å². The van der Waals surface area contributed by atoms with Gasteiger partial charge in [0, 0.05) is 24.4 Å². The van der Waals surface area contributed by atoms with Gasteiger partial charge in [0.15, 0.2) is 0 Å². The van der Waals surface area contributed by atoms with Crippen molar-refractivity contribution in [1.29, 1.82) is 0 Å². The number of nitrogens with zero attached hydrogens (tertiary/aromatic N) is 1. The molecule has 1 atom stereocenters. The second-order valence-corrected chi connectivity index (χ2v) is 4.74. The van der Waals surface area contributed by atoms with Gasteiger partial charge in [-0.3, -0.25) is 4.79 Å². The van der Waals surface area contributed by atoms with Crippen LogP contribution < -0.4 is 0 Å². The summed E-state index contributed by atoms with van der Waals surface area (Å²) >= 11 is 5.66. The zero-order chi connectivity index (χ0) is 11.8. The molecule has 0 radical (unpaired) electrons. The van der Waals surface area contributed by atoms with Gasteiger partial charge in [-0.1, -0.05) is 20.3 Å². The van der Waals surface area contributed by atoms with Crippen LogP contribution in [0.5, 0.6) is 0 Å². The van der Waals surface area contributed by atoms with Crippen molar-refractivity contribution in [3.05, 3.63) is 0 Å². The molecule has 0 aliphatic heterocycles. The third-order valence-corrected chi connectivity index (χ3v) is 2.85. The zero-order valence-corrected chi connectivity index (χ0v) is 11.2. The summed E-state index contributed by atoms with van der Waals surface area (Å²) in [4.78, 5) is 14.0. The average Bonchev–Trinajstić information content (AvgIpc) is 2.18. The molecule has 0 aliphatic rings. The number of carbonyl (C=O) groups excluding carboxylic acids is 1. The van der Waals surface area contributed by atoms with Crippen LogP contribution in [0.15, 0.2) is 0 Å². The van der Waals surface area contributed by atoms with Crippen LogP contribution in [-0.2, 0) is 4.79 Å². The maximum Gasteiger partial charge on any atom is 0.225 e. The summed E-state index contributed by atoms with van der Waals surface area (Å²) in [6, 6.07) is 0.278. The van der Waals surface area contributed by atoms with E-state index < -0.39 is 0 Å². The number of hydrogen-bond acceptors (Lipinski definition) is 1. The predicted molar refractivity (Wildman–Crippen MR) is 66.3 cm³/mol. The fourth-order valence-corrected chi connectivity index (χ4v) is 1.81. The van der Waals surface area contributed by atoms with Crippen molar-refractivity contribution in [2.45, 2.75) is 53.0 Å². The molecule has 0 saturated carbocycles. The molecule has 0 spiro atoms. The van der Waals surface area contributed by atoms with Crippen molar-refractivity contribution in [3.8, 4) is 0 Å². The molecule has 0 aliphatic carbocycles. The first kappa shape index (κ1) is 14.8. The molecule has 0 aromatic heterocycles. The Morgan fingerprint density at radius 3 is 2.33 bits per heavy atom. The first-order valence-electron chi connectivity index (χ1n) is 5.91. The van der Waals surface area contributed by atoms with Gasteiger partial charge in [-0.05, 0) is 26.7 Å². The molecular weight excluding hydrogens is 210 g/mol. The quantitative estimate of drug-likeness (QED) is 0.618. The first-order chi connectivity index (χ1) is 7.04. The van der Waals surface area contributed by atoms with Crippen LogP contribution in [0.25, 0.3) is 0 Å². The van der Waals surface area contributed by atoms with E-state index >= 15 is 0 Å². The summed E-state index contributed by atoms with van der Waals surface area (Å²) in [5.74, 6) is 1.04. The molecule has 0 N–H and O–H groups in total. The van der Waals surface area contributed by atoms with Crippen LogP contribution in [0.4, 0.5) is 0 Å². The molecule has 0 saturated heterocycles. The normalized spacial score (nSPS) is 12.9. The fraction of sp³-hybridized carbons (Fsp3) is 0.917. The SMILES string of the molecule is CCCC(C)C(=O)N(CCCCl)C(C)C. The van der Waals surface area contributed by atoms with E-state index in [0.29, 0.717) is 5.88 Å². The Hall–Kier alpha value is -0.240. The highest BCUT2D eigenvalue weighted by molar-refractivity contribution is 6.17. The van der Waals surface area contributed by atoms with Gasteiger partial charge in [-0.15, -0.1) is 11.6 Å². The summed E-state index contributed by atoms with van der Waals surface area (Å²) < 4.78 is 0. The van der Waals surface area contributed by atoms with Crippen LogP contribution in [0.2, 0.25) is 0 Å². The van der Waals surface area contributed by atoms with Crippen LogP contribution in [0.1, 0.15) is 47.0 Å². The zero-order valence-electron chi connectivity index (χ0n) is 10.4. The Balaban J connectivity index is 4.27. The van der Waals surface area contributed by atoms with Crippen molar-refractivity contribution in [2.24, 2.45) is 5.92 Å². The molecule has 1 unspecified atom stereocenters. The van der Waals surface area contributed by atoms with Crippen LogP contribution >= 0.6 is 11.6 Å². The van der Waals surface area contributed by atoms with E-state index in [1.165, 1.54) is 0 Å². The number of halogens is 1. The lowest BCUT2D eigenvalue weighted by molar-refractivity contribution is -0.137. The van der Waals surface area contributed by atoms with E-state index in [4.69, 9.17) is 11.6 Å². The smallest absolute Gasteiger partial charge is 0.225 e.